The number of nitrogens with one attached hydrogen (secondary N) is 1. The van der Waals surface area contributed by atoms with Gasteiger partial charge < -0.3 is 5.32 Å². The second-order valence-corrected chi connectivity index (χ2v) is 3.77. The first-order valence-electron chi connectivity index (χ1n) is 5.60. The van der Waals surface area contributed by atoms with Gasteiger partial charge in [0.2, 0.25) is 0 Å². The highest BCUT2D eigenvalue weighted by molar-refractivity contribution is 5.18. The fourth-order valence-electron chi connectivity index (χ4n) is 1.52. The Bertz CT molecular complexity index is 526. The molecule has 0 aliphatic carbocycles. The molecule has 0 unspecified atom stereocenters. The lowest BCUT2D eigenvalue weighted by atomic mass is 10.2. The maximum atomic E-state index is 13.5. The summed E-state index contributed by atoms with van der Waals surface area (Å²) >= 11 is 0. The maximum absolute atomic E-state index is 13.5. The molecule has 1 aromatic heterocycles. The average Bonchev–Trinajstić information content (AvgIpc) is 2.77. The van der Waals surface area contributed by atoms with E-state index in [4.69, 9.17) is 0 Å². The second kappa shape index (κ2) is 5.63. The van der Waals surface area contributed by atoms with Gasteiger partial charge in [0, 0.05) is 11.6 Å². The molecule has 1 heterocycles. The fraction of sp³-hybridized carbons (Fsp3) is 0.364. The molecule has 5 nitrogen and oxygen atoms in total. The van der Waals surface area contributed by atoms with Crippen LogP contribution in [0.25, 0.3) is 0 Å². The van der Waals surface area contributed by atoms with Crippen molar-refractivity contribution in [3.05, 3.63) is 41.2 Å². The first-order valence-corrected chi connectivity index (χ1v) is 5.60. The predicted molar refractivity (Wildman–Crippen MR) is 60.7 cm³/mol. The molecule has 0 radical (unpaired) electrons. The molecule has 2 rings (SSSR count). The molecule has 0 bridgehead atoms. The van der Waals surface area contributed by atoms with E-state index >= 15 is 0 Å². The van der Waals surface area contributed by atoms with Crippen LogP contribution in [0.3, 0.4) is 0 Å². The summed E-state index contributed by atoms with van der Waals surface area (Å²) < 4.78 is 27.7. The number of rotatable bonds is 5. The molecule has 96 valence electrons. The summed E-state index contributed by atoms with van der Waals surface area (Å²) in [6.07, 6.45) is 0. The average molecular weight is 253 g/mol. The summed E-state index contributed by atoms with van der Waals surface area (Å²) in [5.41, 5.74) is 0.349. The summed E-state index contributed by atoms with van der Waals surface area (Å²) in [5.74, 6) is -0.582. The number of halogens is 2. The van der Waals surface area contributed by atoms with Crippen molar-refractivity contribution in [2.45, 2.75) is 20.0 Å². The van der Waals surface area contributed by atoms with Gasteiger partial charge in [-0.15, -0.1) is 5.10 Å². The van der Waals surface area contributed by atoms with Crippen molar-refractivity contribution < 1.29 is 8.78 Å². The van der Waals surface area contributed by atoms with Crippen LogP contribution >= 0.6 is 0 Å². The van der Waals surface area contributed by atoms with Crippen LogP contribution in [0.1, 0.15) is 18.3 Å². The lowest BCUT2D eigenvalue weighted by Gasteiger charge is -2.06. The van der Waals surface area contributed by atoms with E-state index in [0.717, 1.165) is 12.6 Å². The quantitative estimate of drug-likeness (QED) is 0.867. The zero-order valence-corrected chi connectivity index (χ0v) is 9.90. The molecule has 7 heteroatoms. The molecule has 0 amide bonds. The molecule has 0 atom stereocenters. The Hall–Kier alpha value is -1.89. The minimum Gasteiger partial charge on any atom is -0.310 e. The third-order valence-electron chi connectivity index (χ3n) is 2.47. The lowest BCUT2D eigenvalue weighted by Crippen LogP contribution is -2.17. The Morgan fingerprint density at radius 3 is 2.89 bits per heavy atom. The number of nitrogens with zero attached hydrogens (tertiary/aromatic N) is 4. The van der Waals surface area contributed by atoms with Crippen molar-refractivity contribution in [1.82, 2.24) is 25.5 Å². The topological polar surface area (TPSA) is 55.6 Å². The van der Waals surface area contributed by atoms with Crippen LogP contribution < -0.4 is 5.32 Å². The van der Waals surface area contributed by atoms with Gasteiger partial charge in [-0.3, -0.25) is 0 Å². The summed E-state index contributed by atoms with van der Waals surface area (Å²) in [4.78, 5) is 0. The largest absolute Gasteiger partial charge is 0.310 e. The molecule has 18 heavy (non-hydrogen) atoms. The highest BCUT2D eigenvalue weighted by Crippen LogP contribution is 2.11. The van der Waals surface area contributed by atoms with Crippen molar-refractivity contribution in [3.8, 4) is 0 Å². The van der Waals surface area contributed by atoms with E-state index in [9.17, 15) is 8.78 Å². The summed E-state index contributed by atoms with van der Waals surface area (Å²) in [5, 5.41) is 14.3. The molecule has 1 aromatic carbocycles. The third-order valence-corrected chi connectivity index (χ3v) is 2.47. The van der Waals surface area contributed by atoms with Gasteiger partial charge in [0.05, 0.1) is 13.1 Å². The molecular weight excluding hydrogens is 240 g/mol. The number of hydrogen-bond donors (Lipinski definition) is 1. The first-order chi connectivity index (χ1) is 8.70. The maximum Gasteiger partial charge on any atom is 0.165 e. The van der Waals surface area contributed by atoms with E-state index in [1.165, 1.54) is 16.8 Å². The van der Waals surface area contributed by atoms with Crippen molar-refractivity contribution in [2.24, 2.45) is 0 Å². The van der Waals surface area contributed by atoms with Crippen molar-refractivity contribution in [3.63, 3.8) is 0 Å². The van der Waals surface area contributed by atoms with Crippen LogP contribution in [0.4, 0.5) is 8.78 Å². The Labute approximate surface area is 103 Å². The molecule has 0 aliphatic rings. The monoisotopic (exact) mass is 253 g/mol. The second-order valence-electron chi connectivity index (χ2n) is 3.77. The van der Waals surface area contributed by atoms with Crippen LogP contribution in [0, 0.1) is 11.6 Å². The van der Waals surface area contributed by atoms with Crippen molar-refractivity contribution in [1.29, 1.82) is 0 Å². The van der Waals surface area contributed by atoms with Crippen LogP contribution in [0.5, 0.6) is 0 Å². The highest BCUT2D eigenvalue weighted by atomic mass is 19.1. The molecule has 0 saturated carbocycles. The Kier molecular flexibility index (Phi) is 3.93. The standard InChI is InChI=1S/C11H13F2N5/c1-2-14-6-11-15-16-17-18(11)7-8-3-4-9(12)5-10(8)13/h3-5,14H,2,6-7H2,1H3. The molecule has 0 fully saturated rings. The van der Waals surface area contributed by atoms with Gasteiger partial charge in [-0.25, -0.2) is 13.5 Å². The zero-order valence-electron chi connectivity index (χ0n) is 9.90. The smallest absolute Gasteiger partial charge is 0.165 e. The number of tetrazole rings is 1. The van der Waals surface area contributed by atoms with Crippen LogP contribution in [-0.2, 0) is 13.1 Å². The van der Waals surface area contributed by atoms with E-state index in [2.05, 4.69) is 20.8 Å². The van der Waals surface area contributed by atoms with E-state index in [1.54, 1.807) is 0 Å². The van der Waals surface area contributed by atoms with Crippen molar-refractivity contribution in [2.75, 3.05) is 6.54 Å². The molecule has 2 aromatic rings. The Morgan fingerprint density at radius 2 is 2.17 bits per heavy atom. The van der Waals surface area contributed by atoms with Gasteiger partial charge in [-0.05, 0) is 23.0 Å². The van der Waals surface area contributed by atoms with E-state index in [1.807, 2.05) is 6.92 Å². The van der Waals surface area contributed by atoms with Gasteiger partial charge in [0.15, 0.2) is 5.82 Å². The minimum absolute atomic E-state index is 0.180. The van der Waals surface area contributed by atoms with E-state index in [0.29, 0.717) is 17.9 Å². The van der Waals surface area contributed by atoms with Gasteiger partial charge >= 0.3 is 0 Å². The Morgan fingerprint density at radius 1 is 1.33 bits per heavy atom. The minimum atomic E-state index is -0.597. The molecule has 0 aliphatic heterocycles. The molecule has 0 spiro atoms. The van der Waals surface area contributed by atoms with Gasteiger partial charge in [0.1, 0.15) is 11.6 Å². The lowest BCUT2D eigenvalue weighted by molar-refractivity contribution is 0.541. The van der Waals surface area contributed by atoms with Gasteiger partial charge in [-0.1, -0.05) is 13.0 Å². The van der Waals surface area contributed by atoms with E-state index < -0.39 is 11.6 Å². The first kappa shape index (κ1) is 12.6. The van der Waals surface area contributed by atoms with Crippen LogP contribution in [0.15, 0.2) is 18.2 Å². The van der Waals surface area contributed by atoms with E-state index in [-0.39, 0.29) is 6.54 Å². The van der Waals surface area contributed by atoms with Gasteiger partial charge in [0.25, 0.3) is 0 Å². The molecule has 0 saturated heterocycles. The van der Waals surface area contributed by atoms with Crippen LogP contribution in [0.2, 0.25) is 0 Å². The van der Waals surface area contributed by atoms with Gasteiger partial charge in [-0.2, -0.15) is 0 Å². The summed E-state index contributed by atoms with van der Waals surface area (Å²) in [6.45, 7) is 3.44. The normalized spacial score (nSPS) is 10.8. The number of hydrogen-bond acceptors (Lipinski definition) is 4. The van der Waals surface area contributed by atoms with Crippen molar-refractivity contribution >= 4 is 0 Å². The predicted octanol–water partition coefficient (Wildman–Crippen LogP) is 1.11. The fourth-order valence-corrected chi connectivity index (χ4v) is 1.52. The third kappa shape index (κ3) is 2.86. The zero-order chi connectivity index (χ0) is 13.0. The number of benzene rings is 1. The SMILES string of the molecule is CCNCc1nnnn1Cc1ccc(F)cc1F. The summed E-state index contributed by atoms with van der Waals surface area (Å²) in [6, 6.07) is 3.46. The highest BCUT2D eigenvalue weighted by Gasteiger charge is 2.09. The Balaban J connectivity index is 2.15. The molecule has 1 N–H and O–H groups in total. The molecular formula is C11H13F2N5. The van der Waals surface area contributed by atoms with Crippen LogP contribution in [-0.4, -0.2) is 26.8 Å². The summed E-state index contributed by atoms with van der Waals surface area (Å²) in [7, 11) is 0. The number of aromatic nitrogens is 4.